The first-order chi connectivity index (χ1) is 12.2. The lowest BCUT2D eigenvalue weighted by Crippen LogP contribution is -2.05. The van der Waals surface area contributed by atoms with Crippen LogP contribution in [-0.2, 0) is 6.54 Å². The summed E-state index contributed by atoms with van der Waals surface area (Å²) in [7, 11) is 0. The van der Waals surface area contributed by atoms with E-state index in [1.807, 2.05) is 61.5 Å². The molecule has 0 aliphatic rings. The van der Waals surface area contributed by atoms with E-state index in [9.17, 15) is 0 Å². The summed E-state index contributed by atoms with van der Waals surface area (Å²) in [6, 6.07) is 17.2. The van der Waals surface area contributed by atoms with Crippen molar-refractivity contribution in [3.05, 3.63) is 71.4 Å². The molecule has 0 radical (unpaired) electrons. The lowest BCUT2D eigenvalue weighted by molar-refractivity contribution is 0.342. The fourth-order valence-corrected chi connectivity index (χ4v) is 2.41. The maximum Gasteiger partial charge on any atom is 0.229 e. The Hall–Kier alpha value is -2.79. The number of nitrogens with one attached hydrogen (secondary N) is 2. The number of hydrogen-bond donors (Lipinski definition) is 2. The van der Waals surface area contributed by atoms with E-state index in [0.717, 1.165) is 27.8 Å². The fraction of sp³-hybridized carbons (Fsp3) is 0.158. The molecular formula is C19H19ClN4O. The van der Waals surface area contributed by atoms with E-state index in [0.29, 0.717) is 19.1 Å². The van der Waals surface area contributed by atoms with Crippen LogP contribution in [0.15, 0.2) is 60.8 Å². The van der Waals surface area contributed by atoms with Crippen molar-refractivity contribution in [3.63, 3.8) is 0 Å². The molecule has 0 aliphatic heterocycles. The minimum atomic E-state index is 0.508. The van der Waals surface area contributed by atoms with Crippen molar-refractivity contribution in [2.75, 3.05) is 17.2 Å². The summed E-state index contributed by atoms with van der Waals surface area (Å²) in [6.45, 7) is 3.21. The normalized spacial score (nSPS) is 10.3. The Labute approximate surface area is 152 Å². The van der Waals surface area contributed by atoms with E-state index in [-0.39, 0.29) is 0 Å². The fourth-order valence-electron chi connectivity index (χ4n) is 2.28. The zero-order valence-corrected chi connectivity index (χ0v) is 14.6. The second kappa shape index (κ2) is 8.35. The predicted octanol–water partition coefficient (Wildman–Crippen LogP) is 4.88. The van der Waals surface area contributed by atoms with Gasteiger partial charge in [-0.3, -0.25) is 0 Å². The minimum absolute atomic E-state index is 0.508. The molecule has 1 aromatic heterocycles. The van der Waals surface area contributed by atoms with Crippen molar-refractivity contribution < 1.29 is 4.74 Å². The van der Waals surface area contributed by atoms with Crippen LogP contribution in [0.5, 0.6) is 5.75 Å². The number of para-hydroxylation sites is 2. The molecule has 0 amide bonds. The highest BCUT2D eigenvalue weighted by Gasteiger charge is 2.05. The molecule has 3 rings (SSSR count). The number of benzene rings is 2. The minimum Gasteiger partial charge on any atom is -0.492 e. The summed E-state index contributed by atoms with van der Waals surface area (Å²) in [6.07, 6.45) is 1.71. The largest absolute Gasteiger partial charge is 0.492 e. The molecule has 1 heterocycles. The molecule has 0 bridgehead atoms. The Morgan fingerprint density at radius 1 is 1.04 bits per heavy atom. The second-order valence-electron chi connectivity index (χ2n) is 5.30. The molecule has 0 unspecified atom stereocenters. The molecule has 0 spiro atoms. The first-order valence-corrected chi connectivity index (χ1v) is 8.42. The number of halogens is 1. The van der Waals surface area contributed by atoms with Crippen LogP contribution in [0.25, 0.3) is 0 Å². The van der Waals surface area contributed by atoms with Gasteiger partial charge in [0.15, 0.2) is 0 Å². The predicted molar refractivity (Wildman–Crippen MR) is 102 cm³/mol. The Bertz CT molecular complexity index is 824. The van der Waals surface area contributed by atoms with Gasteiger partial charge in [-0.2, -0.15) is 4.98 Å². The van der Waals surface area contributed by atoms with Crippen LogP contribution in [0.3, 0.4) is 0 Å². The van der Waals surface area contributed by atoms with E-state index in [2.05, 4.69) is 20.6 Å². The second-order valence-corrected chi connectivity index (χ2v) is 5.74. The van der Waals surface area contributed by atoms with E-state index >= 15 is 0 Å². The van der Waals surface area contributed by atoms with Crippen LogP contribution >= 0.6 is 11.6 Å². The van der Waals surface area contributed by atoms with Crippen LogP contribution in [-0.4, -0.2) is 16.6 Å². The third-order valence-electron chi connectivity index (χ3n) is 3.48. The summed E-state index contributed by atoms with van der Waals surface area (Å²) in [5.74, 6) is 2.02. The Balaban J connectivity index is 1.68. The van der Waals surface area contributed by atoms with Gasteiger partial charge in [-0.05, 0) is 42.8 Å². The van der Waals surface area contributed by atoms with Gasteiger partial charge in [0.1, 0.15) is 11.6 Å². The Kier molecular flexibility index (Phi) is 5.69. The molecule has 5 nitrogen and oxygen atoms in total. The molecule has 128 valence electrons. The first-order valence-electron chi connectivity index (χ1n) is 8.05. The van der Waals surface area contributed by atoms with Crippen molar-refractivity contribution >= 4 is 29.1 Å². The van der Waals surface area contributed by atoms with E-state index < -0.39 is 0 Å². The molecule has 3 aromatic rings. The highest BCUT2D eigenvalue weighted by atomic mass is 35.5. The van der Waals surface area contributed by atoms with Gasteiger partial charge in [0.25, 0.3) is 0 Å². The van der Waals surface area contributed by atoms with Crippen molar-refractivity contribution in [1.82, 2.24) is 9.97 Å². The molecule has 6 heteroatoms. The molecule has 2 N–H and O–H groups in total. The quantitative estimate of drug-likeness (QED) is 0.633. The van der Waals surface area contributed by atoms with E-state index in [1.165, 1.54) is 0 Å². The van der Waals surface area contributed by atoms with Crippen LogP contribution in [0.4, 0.5) is 17.5 Å². The van der Waals surface area contributed by atoms with Crippen molar-refractivity contribution in [2.45, 2.75) is 13.5 Å². The summed E-state index contributed by atoms with van der Waals surface area (Å²) in [4.78, 5) is 8.75. The number of anilines is 3. The number of nitrogens with zero attached hydrogens (tertiary/aromatic N) is 2. The summed E-state index contributed by atoms with van der Waals surface area (Å²) >= 11 is 5.90. The summed E-state index contributed by atoms with van der Waals surface area (Å²) in [5.41, 5.74) is 1.96. The Morgan fingerprint density at radius 2 is 1.84 bits per heavy atom. The molecule has 0 saturated heterocycles. The zero-order chi connectivity index (χ0) is 17.5. The Morgan fingerprint density at radius 3 is 2.64 bits per heavy atom. The average molecular weight is 355 g/mol. The van der Waals surface area contributed by atoms with Gasteiger partial charge in [-0.15, -0.1) is 0 Å². The van der Waals surface area contributed by atoms with Crippen LogP contribution in [0, 0.1) is 0 Å². The highest BCUT2D eigenvalue weighted by Crippen LogP contribution is 2.26. The smallest absolute Gasteiger partial charge is 0.229 e. The first kappa shape index (κ1) is 17.0. The van der Waals surface area contributed by atoms with Crippen molar-refractivity contribution in [3.8, 4) is 5.75 Å². The highest BCUT2D eigenvalue weighted by molar-refractivity contribution is 6.30. The SMILES string of the molecule is CCOc1ccccc1Nc1nccc(NCc2ccc(Cl)cc2)n1. The third-order valence-corrected chi connectivity index (χ3v) is 3.73. The van der Waals surface area contributed by atoms with Crippen molar-refractivity contribution in [1.29, 1.82) is 0 Å². The number of hydrogen-bond acceptors (Lipinski definition) is 5. The van der Waals surface area contributed by atoms with Crippen molar-refractivity contribution in [2.24, 2.45) is 0 Å². The zero-order valence-electron chi connectivity index (χ0n) is 13.9. The molecule has 0 fully saturated rings. The average Bonchev–Trinajstić information content (AvgIpc) is 2.63. The number of ether oxygens (including phenoxy) is 1. The molecule has 25 heavy (non-hydrogen) atoms. The molecule has 2 aromatic carbocycles. The monoisotopic (exact) mass is 354 g/mol. The topological polar surface area (TPSA) is 59.1 Å². The molecule has 0 atom stereocenters. The van der Waals surface area contributed by atoms with Gasteiger partial charge in [0.2, 0.25) is 5.95 Å². The maximum absolute atomic E-state index is 5.90. The van der Waals surface area contributed by atoms with Gasteiger partial charge < -0.3 is 15.4 Å². The molecular weight excluding hydrogens is 336 g/mol. The van der Waals surface area contributed by atoms with Gasteiger partial charge >= 0.3 is 0 Å². The maximum atomic E-state index is 5.90. The lowest BCUT2D eigenvalue weighted by Gasteiger charge is -2.12. The van der Waals surface area contributed by atoms with E-state index in [1.54, 1.807) is 6.20 Å². The molecule has 0 aliphatic carbocycles. The van der Waals surface area contributed by atoms with Gasteiger partial charge in [0.05, 0.1) is 12.3 Å². The van der Waals surface area contributed by atoms with Gasteiger partial charge in [-0.1, -0.05) is 35.9 Å². The lowest BCUT2D eigenvalue weighted by atomic mass is 10.2. The molecule has 0 saturated carbocycles. The number of rotatable bonds is 7. The van der Waals surface area contributed by atoms with Gasteiger partial charge in [-0.25, -0.2) is 4.98 Å². The summed E-state index contributed by atoms with van der Waals surface area (Å²) < 4.78 is 5.61. The van der Waals surface area contributed by atoms with E-state index in [4.69, 9.17) is 16.3 Å². The van der Waals surface area contributed by atoms with Gasteiger partial charge in [0, 0.05) is 17.8 Å². The third kappa shape index (κ3) is 4.84. The van der Waals surface area contributed by atoms with Crippen LogP contribution in [0.2, 0.25) is 5.02 Å². The van der Waals surface area contributed by atoms with Crippen LogP contribution < -0.4 is 15.4 Å². The van der Waals surface area contributed by atoms with Crippen LogP contribution in [0.1, 0.15) is 12.5 Å². The summed E-state index contributed by atoms with van der Waals surface area (Å²) in [5, 5.41) is 7.21. The number of aromatic nitrogens is 2. The standard InChI is InChI=1S/C19H19ClN4O/c1-2-25-17-6-4-3-5-16(17)23-19-21-12-11-18(24-19)22-13-14-7-9-15(20)10-8-14/h3-12H,2,13H2,1H3,(H2,21,22,23,24).